The van der Waals surface area contributed by atoms with Crippen molar-refractivity contribution in [2.24, 2.45) is 0 Å². The lowest BCUT2D eigenvalue weighted by Crippen LogP contribution is -2.54. The molecule has 1 aliphatic carbocycles. The molecule has 23 heavy (non-hydrogen) atoms. The summed E-state index contributed by atoms with van der Waals surface area (Å²) in [5.41, 5.74) is 0.403. The number of carboxylic acid groups (broad SMARTS) is 1. The number of benzene rings is 1. The third kappa shape index (κ3) is 4.28. The van der Waals surface area contributed by atoms with Gasteiger partial charge in [0.15, 0.2) is 0 Å². The first kappa shape index (κ1) is 17.4. The smallest absolute Gasteiger partial charge is 0.317 e. The second-order valence-corrected chi connectivity index (χ2v) is 7.25. The number of nitrogens with zero attached hydrogens (tertiary/aromatic N) is 2. The number of rotatable bonds is 7. The third-order valence-corrected chi connectivity index (χ3v) is 5.53. The van der Waals surface area contributed by atoms with E-state index in [4.69, 9.17) is 10.4 Å². The van der Waals surface area contributed by atoms with E-state index in [1.165, 1.54) is 24.3 Å². The molecule has 0 bridgehead atoms. The second kappa shape index (κ2) is 7.08. The van der Waals surface area contributed by atoms with Gasteiger partial charge in [-0.1, -0.05) is 6.92 Å². The van der Waals surface area contributed by atoms with E-state index in [1.54, 1.807) is 0 Å². The van der Waals surface area contributed by atoms with Crippen LogP contribution in [-0.4, -0.2) is 49.6 Å². The molecule has 1 saturated carbocycles. The zero-order valence-corrected chi connectivity index (χ0v) is 13.6. The Kier molecular flexibility index (Phi) is 5.36. The molecular formula is C15H19N3O4S. The quantitative estimate of drug-likeness (QED) is 0.760. The van der Waals surface area contributed by atoms with Crippen LogP contribution < -0.4 is 4.72 Å². The first-order chi connectivity index (χ1) is 10.9. The fraction of sp³-hybridized carbons (Fsp3) is 0.467. The van der Waals surface area contributed by atoms with Gasteiger partial charge < -0.3 is 5.11 Å². The van der Waals surface area contributed by atoms with E-state index in [-0.39, 0.29) is 23.5 Å². The minimum atomic E-state index is -3.62. The lowest BCUT2D eigenvalue weighted by molar-refractivity contribution is -0.139. The van der Waals surface area contributed by atoms with Crippen LogP contribution in [0.5, 0.6) is 0 Å². The molecule has 1 aliphatic rings. The van der Waals surface area contributed by atoms with Gasteiger partial charge in [-0.25, -0.2) is 13.1 Å². The first-order valence-corrected chi connectivity index (χ1v) is 8.82. The number of nitriles is 1. The molecule has 1 fully saturated rings. The maximum absolute atomic E-state index is 12.3. The summed E-state index contributed by atoms with van der Waals surface area (Å²) in [6.45, 7) is 2.47. The Hall–Kier alpha value is -1.95. The van der Waals surface area contributed by atoms with Crippen LogP contribution in [0.3, 0.4) is 0 Å². The number of aliphatic carboxylic acids is 1. The van der Waals surface area contributed by atoms with Gasteiger partial charge in [0, 0.05) is 12.1 Å². The maximum atomic E-state index is 12.3. The standard InChI is InChI=1S/C15H19N3O4S/c1-2-18(10-15(19)20)13-7-12(8-13)17-23(21,22)14-5-3-11(9-16)4-6-14/h3-6,12-13,17H,2,7-8,10H2,1H3,(H,19,20). The van der Waals surface area contributed by atoms with Crippen LogP contribution in [0.1, 0.15) is 25.3 Å². The van der Waals surface area contributed by atoms with Crippen molar-refractivity contribution < 1.29 is 18.3 Å². The average molecular weight is 337 g/mol. The zero-order valence-electron chi connectivity index (χ0n) is 12.8. The van der Waals surface area contributed by atoms with Crippen LogP contribution in [-0.2, 0) is 14.8 Å². The fourth-order valence-electron chi connectivity index (χ4n) is 2.65. The molecule has 1 aromatic rings. The maximum Gasteiger partial charge on any atom is 0.317 e. The largest absolute Gasteiger partial charge is 0.480 e. The summed E-state index contributed by atoms with van der Waals surface area (Å²) in [5, 5.41) is 17.6. The Balaban J connectivity index is 1.93. The molecule has 0 saturated heterocycles. The van der Waals surface area contributed by atoms with Gasteiger partial charge in [0.05, 0.1) is 23.1 Å². The van der Waals surface area contributed by atoms with Crippen LogP contribution in [0, 0.1) is 11.3 Å². The third-order valence-electron chi connectivity index (χ3n) is 3.99. The van der Waals surface area contributed by atoms with Gasteiger partial charge in [-0.15, -0.1) is 0 Å². The summed E-state index contributed by atoms with van der Waals surface area (Å²) in [4.78, 5) is 12.7. The Morgan fingerprint density at radius 3 is 2.48 bits per heavy atom. The minimum absolute atomic E-state index is 0.0315. The molecule has 2 rings (SSSR count). The van der Waals surface area contributed by atoms with E-state index in [0.717, 1.165) is 0 Å². The molecule has 124 valence electrons. The molecule has 0 aromatic heterocycles. The average Bonchev–Trinajstić information content (AvgIpc) is 2.48. The molecule has 8 heteroatoms. The van der Waals surface area contributed by atoms with Crippen molar-refractivity contribution in [1.82, 2.24) is 9.62 Å². The fourth-order valence-corrected chi connectivity index (χ4v) is 3.91. The Bertz CT molecular complexity index is 703. The highest BCUT2D eigenvalue weighted by atomic mass is 32.2. The number of carboxylic acids is 1. The lowest BCUT2D eigenvalue weighted by atomic mass is 9.86. The van der Waals surface area contributed by atoms with Gasteiger partial charge in [0.25, 0.3) is 0 Å². The van der Waals surface area contributed by atoms with Crippen molar-refractivity contribution in [2.75, 3.05) is 13.1 Å². The lowest BCUT2D eigenvalue weighted by Gasteiger charge is -2.42. The van der Waals surface area contributed by atoms with Gasteiger partial charge in [-0.05, 0) is 43.7 Å². The SMILES string of the molecule is CCN(CC(=O)O)C1CC(NS(=O)(=O)c2ccc(C#N)cc2)C1. The van der Waals surface area contributed by atoms with Crippen LogP contribution in [0.4, 0.5) is 0 Å². The summed E-state index contributed by atoms with van der Waals surface area (Å²) < 4.78 is 27.1. The van der Waals surface area contributed by atoms with Gasteiger partial charge in [-0.3, -0.25) is 9.69 Å². The number of likely N-dealkylation sites (N-methyl/N-ethyl adjacent to an activating group) is 1. The van der Waals surface area contributed by atoms with Crippen LogP contribution >= 0.6 is 0 Å². The highest BCUT2D eigenvalue weighted by Crippen LogP contribution is 2.27. The van der Waals surface area contributed by atoms with Crippen molar-refractivity contribution in [3.05, 3.63) is 29.8 Å². The molecule has 0 amide bonds. The topological polar surface area (TPSA) is 110 Å². The van der Waals surface area contributed by atoms with E-state index >= 15 is 0 Å². The molecule has 0 heterocycles. The zero-order chi connectivity index (χ0) is 17.0. The highest BCUT2D eigenvalue weighted by Gasteiger charge is 2.36. The van der Waals surface area contributed by atoms with E-state index < -0.39 is 16.0 Å². The normalized spacial score (nSPS) is 20.7. The molecule has 0 aliphatic heterocycles. The van der Waals surface area contributed by atoms with Crippen molar-refractivity contribution in [1.29, 1.82) is 5.26 Å². The van der Waals surface area contributed by atoms with Gasteiger partial charge in [0.1, 0.15) is 0 Å². The molecule has 0 radical (unpaired) electrons. The summed E-state index contributed by atoms with van der Waals surface area (Å²) in [6, 6.07) is 7.57. The molecule has 1 aromatic carbocycles. The molecule has 2 N–H and O–H groups in total. The first-order valence-electron chi connectivity index (χ1n) is 7.34. The summed E-state index contributed by atoms with van der Waals surface area (Å²) >= 11 is 0. The van der Waals surface area contributed by atoms with E-state index in [9.17, 15) is 13.2 Å². The highest BCUT2D eigenvalue weighted by molar-refractivity contribution is 7.89. The molecule has 0 unspecified atom stereocenters. The predicted molar refractivity (Wildman–Crippen MR) is 83.2 cm³/mol. The van der Waals surface area contributed by atoms with Crippen LogP contribution in [0.2, 0.25) is 0 Å². The Labute approximate surface area is 135 Å². The number of hydrogen-bond acceptors (Lipinski definition) is 5. The van der Waals surface area contributed by atoms with E-state index in [1.807, 2.05) is 17.9 Å². The number of hydrogen-bond donors (Lipinski definition) is 2. The van der Waals surface area contributed by atoms with Crippen molar-refractivity contribution >= 4 is 16.0 Å². The van der Waals surface area contributed by atoms with Gasteiger partial charge in [-0.2, -0.15) is 5.26 Å². The van der Waals surface area contributed by atoms with Crippen LogP contribution in [0.25, 0.3) is 0 Å². The monoisotopic (exact) mass is 337 g/mol. The second-order valence-electron chi connectivity index (χ2n) is 5.54. The predicted octanol–water partition coefficient (Wildman–Crippen LogP) is 0.774. The molecule has 7 nitrogen and oxygen atoms in total. The van der Waals surface area contributed by atoms with Crippen molar-refractivity contribution in [2.45, 2.75) is 36.7 Å². The van der Waals surface area contributed by atoms with Crippen molar-refractivity contribution in [3.63, 3.8) is 0 Å². The van der Waals surface area contributed by atoms with Crippen LogP contribution in [0.15, 0.2) is 29.2 Å². The Morgan fingerprint density at radius 1 is 1.39 bits per heavy atom. The number of nitrogens with one attached hydrogen (secondary N) is 1. The van der Waals surface area contributed by atoms with E-state index in [2.05, 4.69) is 4.72 Å². The Morgan fingerprint density at radius 2 is 2.00 bits per heavy atom. The van der Waals surface area contributed by atoms with Crippen molar-refractivity contribution in [3.8, 4) is 6.07 Å². The number of carbonyl (C=O) groups is 1. The molecule has 0 atom stereocenters. The van der Waals surface area contributed by atoms with Gasteiger partial charge >= 0.3 is 5.97 Å². The molecular weight excluding hydrogens is 318 g/mol. The molecule has 0 spiro atoms. The number of sulfonamides is 1. The van der Waals surface area contributed by atoms with Gasteiger partial charge in [0.2, 0.25) is 10.0 Å². The minimum Gasteiger partial charge on any atom is -0.480 e. The summed E-state index contributed by atoms with van der Waals surface area (Å²) in [7, 11) is -3.62. The van der Waals surface area contributed by atoms with E-state index in [0.29, 0.717) is 24.9 Å². The summed E-state index contributed by atoms with van der Waals surface area (Å²) in [5.74, 6) is -0.881. The summed E-state index contributed by atoms with van der Waals surface area (Å²) in [6.07, 6.45) is 1.19.